The minimum atomic E-state index is -0.0655. The van der Waals surface area contributed by atoms with E-state index in [1.54, 1.807) is 18.4 Å². The molecule has 1 heterocycles. The maximum absolute atomic E-state index is 12.0. The largest absolute Gasteiger partial charge is 0.352 e. The second-order valence-corrected chi connectivity index (χ2v) is 6.38. The van der Waals surface area contributed by atoms with Gasteiger partial charge in [-0.15, -0.1) is 11.3 Å². The molecule has 1 aliphatic carbocycles. The zero-order valence-corrected chi connectivity index (χ0v) is 12.8. The SMILES string of the molecule is CN(CC(=O)N(C)CC(=O)NC1CC1)Cc1cccs1. The number of amides is 2. The minimum absolute atomic E-state index is 0.0324. The van der Waals surface area contributed by atoms with Crippen molar-refractivity contribution >= 4 is 23.2 Å². The van der Waals surface area contributed by atoms with Crippen LogP contribution in [0.5, 0.6) is 0 Å². The van der Waals surface area contributed by atoms with Gasteiger partial charge < -0.3 is 10.2 Å². The summed E-state index contributed by atoms with van der Waals surface area (Å²) in [6, 6.07) is 4.40. The van der Waals surface area contributed by atoms with Gasteiger partial charge in [-0.3, -0.25) is 14.5 Å². The van der Waals surface area contributed by atoms with E-state index in [2.05, 4.69) is 11.4 Å². The number of rotatable bonds is 7. The molecule has 0 radical (unpaired) electrons. The minimum Gasteiger partial charge on any atom is -0.352 e. The first-order chi connectivity index (χ1) is 9.54. The van der Waals surface area contributed by atoms with Gasteiger partial charge in [-0.25, -0.2) is 0 Å². The lowest BCUT2D eigenvalue weighted by Gasteiger charge is -2.21. The predicted octanol–water partition coefficient (Wildman–Crippen LogP) is 0.917. The van der Waals surface area contributed by atoms with Crippen LogP contribution in [0, 0.1) is 0 Å². The van der Waals surface area contributed by atoms with E-state index in [9.17, 15) is 9.59 Å². The molecule has 6 heteroatoms. The van der Waals surface area contributed by atoms with Gasteiger partial charge in [0.15, 0.2) is 0 Å². The number of hydrogen-bond acceptors (Lipinski definition) is 4. The molecule has 20 heavy (non-hydrogen) atoms. The molecule has 0 aliphatic heterocycles. The standard InChI is InChI=1S/C14H21N3O2S/c1-16(8-12-4-3-7-20-12)10-14(19)17(2)9-13(18)15-11-5-6-11/h3-4,7,11H,5-6,8-10H2,1-2H3,(H,15,18). The molecule has 0 atom stereocenters. The molecule has 1 N–H and O–H groups in total. The Hall–Kier alpha value is -1.40. The van der Waals surface area contributed by atoms with Crippen molar-refractivity contribution in [3.05, 3.63) is 22.4 Å². The highest BCUT2D eigenvalue weighted by Gasteiger charge is 2.24. The molecule has 1 saturated carbocycles. The first-order valence-electron chi connectivity index (χ1n) is 6.79. The van der Waals surface area contributed by atoms with Crippen molar-refractivity contribution in [2.75, 3.05) is 27.2 Å². The Morgan fingerprint density at radius 2 is 2.10 bits per heavy atom. The third-order valence-electron chi connectivity index (χ3n) is 3.16. The van der Waals surface area contributed by atoms with Crippen molar-refractivity contribution in [1.29, 1.82) is 0 Å². The maximum Gasteiger partial charge on any atom is 0.239 e. The molecule has 5 nitrogen and oxygen atoms in total. The average molecular weight is 295 g/mol. The fourth-order valence-corrected chi connectivity index (χ4v) is 2.66. The highest BCUT2D eigenvalue weighted by atomic mass is 32.1. The van der Waals surface area contributed by atoms with Crippen LogP contribution >= 0.6 is 11.3 Å². The molecule has 0 bridgehead atoms. The van der Waals surface area contributed by atoms with E-state index in [0.717, 1.165) is 19.4 Å². The highest BCUT2D eigenvalue weighted by Crippen LogP contribution is 2.18. The lowest BCUT2D eigenvalue weighted by Crippen LogP contribution is -2.42. The number of thiophene rings is 1. The molecule has 0 spiro atoms. The Bertz CT molecular complexity index is 457. The van der Waals surface area contributed by atoms with E-state index in [1.165, 1.54) is 9.78 Å². The molecule has 2 amide bonds. The van der Waals surface area contributed by atoms with Crippen LogP contribution in [0.2, 0.25) is 0 Å². The van der Waals surface area contributed by atoms with Crippen molar-refractivity contribution in [2.45, 2.75) is 25.4 Å². The molecule has 110 valence electrons. The lowest BCUT2D eigenvalue weighted by molar-refractivity contribution is -0.135. The van der Waals surface area contributed by atoms with Crippen LogP contribution in [-0.2, 0) is 16.1 Å². The number of carbonyl (C=O) groups excluding carboxylic acids is 2. The van der Waals surface area contributed by atoms with Gasteiger partial charge in [0.2, 0.25) is 11.8 Å². The zero-order chi connectivity index (χ0) is 14.5. The van der Waals surface area contributed by atoms with Crippen LogP contribution in [0.1, 0.15) is 17.7 Å². The van der Waals surface area contributed by atoms with E-state index >= 15 is 0 Å². The molecule has 2 rings (SSSR count). The molecule has 0 saturated heterocycles. The van der Waals surface area contributed by atoms with Gasteiger partial charge in [-0.2, -0.15) is 0 Å². The first-order valence-corrected chi connectivity index (χ1v) is 7.67. The summed E-state index contributed by atoms with van der Waals surface area (Å²) in [4.78, 5) is 28.3. The topological polar surface area (TPSA) is 52.7 Å². The number of hydrogen-bond donors (Lipinski definition) is 1. The number of carbonyl (C=O) groups is 2. The van der Waals surface area contributed by atoms with Crippen LogP contribution in [0.4, 0.5) is 0 Å². The van der Waals surface area contributed by atoms with Crippen LogP contribution in [-0.4, -0.2) is 54.8 Å². The second kappa shape index (κ2) is 6.85. The van der Waals surface area contributed by atoms with E-state index < -0.39 is 0 Å². The second-order valence-electron chi connectivity index (χ2n) is 5.34. The summed E-state index contributed by atoms with van der Waals surface area (Å²) in [6.45, 7) is 1.22. The van der Waals surface area contributed by atoms with Crippen molar-refractivity contribution < 1.29 is 9.59 Å². The molecule has 0 unspecified atom stereocenters. The summed E-state index contributed by atoms with van der Waals surface area (Å²) in [6.07, 6.45) is 2.12. The Balaban J connectivity index is 1.70. The van der Waals surface area contributed by atoms with Gasteiger partial charge in [0.05, 0.1) is 13.1 Å². The van der Waals surface area contributed by atoms with Crippen LogP contribution in [0.15, 0.2) is 17.5 Å². The van der Waals surface area contributed by atoms with Crippen molar-refractivity contribution in [1.82, 2.24) is 15.1 Å². The summed E-state index contributed by atoms with van der Waals surface area (Å²) in [5.41, 5.74) is 0. The van der Waals surface area contributed by atoms with Gasteiger partial charge >= 0.3 is 0 Å². The van der Waals surface area contributed by atoms with Gasteiger partial charge in [-0.1, -0.05) is 6.07 Å². The van der Waals surface area contributed by atoms with E-state index in [1.807, 2.05) is 23.4 Å². The van der Waals surface area contributed by atoms with Crippen LogP contribution < -0.4 is 5.32 Å². The fraction of sp³-hybridized carbons (Fsp3) is 0.571. The normalized spacial score (nSPS) is 14.3. The lowest BCUT2D eigenvalue weighted by atomic mass is 10.4. The summed E-state index contributed by atoms with van der Waals surface area (Å²) in [5.74, 6) is -0.0979. The molecule has 0 aromatic carbocycles. The monoisotopic (exact) mass is 295 g/mol. The molecule has 1 aliphatic rings. The third kappa shape index (κ3) is 4.94. The van der Waals surface area contributed by atoms with Crippen LogP contribution in [0.25, 0.3) is 0 Å². The Morgan fingerprint density at radius 3 is 2.70 bits per heavy atom. The van der Waals surface area contributed by atoms with E-state index in [-0.39, 0.29) is 18.4 Å². The quantitative estimate of drug-likeness (QED) is 0.814. The molecule has 1 aromatic heterocycles. The Morgan fingerprint density at radius 1 is 1.35 bits per heavy atom. The first kappa shape index (κ1) is 15.0. The van der Waals surface area contributed by atoms with E-state index in [4.69, 9.17) is 0 Å². The third-order valence-corrected chi connectivity index (χ3v) is 4.02. The van der Waals surface area contributed by atoms with Gasteiger partial charge in [0.1, 0.15) is 0 Å². The summed E-state index contributed by atoms with van der Waals surface area (Å²) in [7, 11) is 3.59. The number of likely N-dealkylation sites (N-methyl/N-ethyl adjacent to an activating group) is 2. The number of nitrogens with zero attached hydrogens (tertiary/aromatic N) is 2. The molecule has 1 fully saturated rings. The smallest absolute Gasteiger partial charge is 0.239 e. The molecule has 1 aromatic rings. The van der Waals surface area contributed by atoms with E-state index in [0.29, 0.717) is 12.6 Å². The maximum atomic E-state index is 12.0. The molecular formula is C14H21N3O2S. The Kier molecular flexibility index (Phi) is 5.14. The predicted molar refractivity (Wildman–Crippen MR) is 79.5 cm³/mol. The van der Waals surface area contributed by atoms with Crippen molar-refractivity contribution in [2.24, 2.45) is 0 Å². The average Bonchev–Trinajstić information content (AvgIpc) is 3.03. The van der Waals surface area contributed by atoms with Gasteiger partial charge in [0.25, 0.3) is 0 Å². The highest BCUT2D eigenvalue weighted by molar-refractivity contribution is 7.09. The Labute approximate surface area is 123 Å². The zero-order valence-electron chi connectivity index (χ0n) is 12.0. The van der Waals surface area contributed by atoms with Crippen molar-refractivity contribution in [3.63, 3.8) is 0 Å². The van der Waals surface area contributed by atoms with Gasteiger partial charge in [-0.05, 0) is 31.3 Å². The van der Waals surface area contributed by atoms with Crippen molar-refractivity contribution in [3.8, 4) is 0 Å². The van der Waals surface area contributed by atoms with Crippen LogP contribution in [0.3, 0.4) is 0 Å². The number of nitrogens with one attached hydrogen (secondary N) is 1. The summed E-state index contributed by atoms with van der Waals surface area (Å²) >= 11 is 1.68. The molecular weight excluding hydrogens is 274 g/mol. The fourth-order valence-electron chi connectivity index (χ4n) is 1.88. The van der Waals surface area contributed by atoms with Gasteiger partial charge in [0, 0.05) is 24.5 Å². The summed E-state index contributed by atoms with van der Waals surface area (Å²) < 4.78 is 0. The summed E-state index contributed by atoms with van der Waals surface area (Å²) in [5, 5.41) is 4.91.